The van der Waals surface area contributed by atoms with Gasteiger partial charge in [-0.3, -0.25) is 0 Å². The number of hydrogen-bond acceptors (Lipinski definition) is 4. The molecule has 0 amide bonds. The lowest BCUT2D eigenvalue weighted by molar-refractivity contribution is 0.431. The van der Waals surface area contributed by atoms with Crippen molar-refractivity contribution in [3.05, 3.63) is 11.5 Å². The van der Waals surface area contributed by atoms with Gasteiger partial charge >= 0.3 is 0 Å². The van der Waals surface area contributed by atoms with Gasteiger partial charge in [-0.1, -0.05) is 25.1 Å². The third-order valence-electron chi connectivity index (χ3n) is 2.82. The Labute approximate surface area is 109 Å². The lowest BCUT2D eigenvalue weighted by atomic mass is 10.1. The van der Waals surface area contributed by atoms with Gasteiger partial charge in [-0.05, 0) is 40.2 Å². The second-order valence-electron chi connectivity index (χ2n) is 4.42. The molecule has 0 saturated carbocycles. The molecule has 1 unspecified atom stereocenters. The summed E-state index contributed by atoms with van der Waals surface area (Å²) in [5, 5.41) is 4.25. The van der Waals surface area contributed by atoms with Gasteiger partial charge in [0, 0.05) is 11.8 Å². The quantitative estimate of drug-likeness (QED) is 0.570. The molecule has 1 heterocycles. The second-order valence-corrected chi connectivity index (χ2v) is 5.47. The number of nitrogens with zero attached hydrogens (tertiary/aromatic N) is 1. The van der Waals surface area contributed by atoms with Crippen molar-refractivity contribution in [3.63, 3.8) is 0 Å². The summed E-state index contributed by atoms with van der Waals surface area (Å²) < 4.78 is 5.52. The van der Waals surface area contributed by atoms with E-state index in [2.05, 4.69) is 24.1 Å². The Morgan fingerprint density at radius 3 is 2.71 bits per heavy atom. The van der Waals surface area contributed by atoms with Crippen molar-refractivity contribution in [2.45, 2.75) is 58.2 Å². The van der Waals surface area contributed by atoms with Crippen molar-refractivity contribution in [1.82, 2.24) is 10.3 Å². The summed E-state index contributed by atoms with van der Waals surface area (Å²) in [6, 6.07) is 0.635. The summed E-state index contributed by atoms with van der Waals surface area (Å²) in [6.07, 6.45) is 3.73. The molecule has 1 atom stereocenters. The molecule has 1 N–H and O–H groups in total. The van der Waals surface area contributed by atoms with Gasteiger partial charge in [0.1, 0.15) is 5.76 Å². The SMILES string of the molecule is CCNC(C)CCCCSc1nc(C)c(C)o1. The largest absolute Gasteiger partial charge is 0.437 e. The molecule has 0 bridgehead atoms. The minimum Gasteiger partial charge on any atom is -0.437 e. The van der Waals surface area contributed by atoms with E-state index in [1.807, 2.05) is 13.8 Å². The van der Waals surface area contributed by atoms with E-state index in [1.165, 1.54) is 19.3 Å². The molecule has 0 saturated heterocycles. The molecule has 1 aromatic rings. The van der Waals surface area contributed by atoms with E-state index in [0.29, 0.717) is 6.04 Å². The Bertz CT molecular complexity index is 306. The highest BCUT2D eigenvalue weighted by atomic mass is 32.2. The average Bonchev–Trinajstić information content (AvgIpc) is 2.58. The summed E-state index contributed by atoms with van der Waals surface area (Å²) in [4.78, 5) is 4.36. The number of nitrogens with one attached hydrogen (secondary N) is 1. The van der Waals surface area contributed by atoms with Crippen LogP contribution in [-0.2, 0) is 0 Å². The third kappa shape index (κ3) is 5.59. The van der Waals surface area contributed by atoms with Crippen LogP contribution in [0.3, 0.4) is 0 Å². The molecule has 1 rings (SSSR count). The van der Waals surface area contributed by atoms with E-state index in [1.54, 1.807) is 11.8 Å². The maximum atomic E-state index is 5.52. The molecular formula is C13H24N2OS. The Kier molecular flexibility index (Phi) is 6.66. The third-order valence-corrected chi connectivity index (χ3v) is 3.73. The van der Waals surface area contributed by atoms with Gasteiger partial charge in [-0.15, -0.1) is 0 Å². The lowest BCUT2D eigenvalue weighted by Crippen LogP contribution is -2.25. The number of rotatable bonds is 8. The Balaban J connectivity index is 2.08. The van der Waals surface area contributed by atoms with Crippen LogP contribution in [0.5, 0.6) is 0 Å². The molecule has 98 valence electrons. The smallest absolute Gasteiger partial charge is 0.256 e. The standard InChI is InChI=1S/C13H24N2OS/c1-5-14-10(2)8-6-7-9-17-13-15-11(3)12(4)16-13/h10,14H,5-9H2,1-4H3. The Morgan fingerprint density at radius 1 is 1.35 bits per heavy atom. The molecule has 0 radical (unpaired) electrons. The van der Waals surface area contributed by atoms with E-state index in [4.69, 9.17) is 4.42 Å². The predicted molar refractivity (Wildman–Crippen MR) is 73.7 cm³/mol. The van der Waals surface area contributed by atoms with Crippen LogP contribution in [0.4, 0.5) is 0 Å². The van der Waals surface area contributed by atoms with Crippen LogP contribution in [-0.4, -0.2) is 23.3 Å². The highest BCUT2D eigenvalue weighted by Gasteiger charge is 2.05. The summed E-state index contributed by atoms with van der Waals surface area (Å²) >= 11 is 1.72. The van der Waals surface area contributed by atoms with E-state index in [-0.39, 0.29) is 0 Å². The monoisotopic (exact) mass is 256 g/mol. The fourth-order valence-electron chi connectivity index (χ4n) is 1.67. The molecule has 3 nitrogen and oxygen atoms in total. The van der Waals surface area contributed by atoms with Gasteiger partial charge in [0.2, 0.25) is 0 Å². The highest BCUT2D eigenvalue weighted by Crippen LogP contribution is 2.21. The second kappa shape index (κ2) is 7.77. The summed E-state index contributed by atoms with van der Waals surface area (Å²) in [5.41, 5.74) is 1.01. The van der Waals surface area contributed by atoms with Gasteiger partial charge < -0.3 is 9.73 Å². The summed E-state index contributed by atoms with van der Waals surface area (Å²) in [5.74, 6) is 2.03. The van der Waals surface area contributed by atoms with E-state index >= 15 is 0 Å². The van der Waals surface area contributed by atoms with Gasteiger partial charge in [0.25, 0.3) is 5.22 Å². The van der Waals surface area contributed by atoms with Gasteiger partial charge in [0.15, 0.2) is 0 Å². The number of oxazole rings is 1. The predicted octanol–water partition coefficient (Wildman–Crippen LogP) is 3.55. The number of hydrogen-bond donors (Lipinski definition) is 1. The maximum absolute atomic E-state index is 5.52. The van der Waals surface area contributed by atoms with E-state index in [9.17, 15) is 0 Å². The van der Waals surface area contributed by atoms with Crippen LogP contribution >= 0.6 is 11.8 Å². The van der Waals surface area contributed by atoms with Crippen LogP contribution in [0.2, 0.25) is 0 Å². The Hall–Kier alpha value is -0.480. The fraction of sp³-hybridized carbons (Fsp3) is 0.769. The number of thioether (sulfide) groups is 1. The molecule has 17 heavy (non-hydrogen) atoms. The molecule has 0 aliphatic carbocycles. The molecule has 0 fully saturated rings. The summed E-state index contributed by atoms with van der Waals surface area (Å²) in [6.45, 7) is 9.41. The molecule has 4 heteroatoms. The van der Waals surface area contributed by atoms with E-state index in [0.717, 1.165) is 29.0 Å². The topological polar surface area (TPSA) is 38.1 Å². The van der Waals surface area contributed by atoms with Crippen molar-refractivity contribution in [2.75, 3.05) is 12.3 Å². The van der Waals surface area contributed by atoms with Crippen molar-refractivity contribution in [3.8, 4) is 0 Å². The normalized spacial score (nSPS) is 12.9. The summed E-state index contributed by atoms with van der Waals surface area (Å²) in [7, 11) is 0. The number of aryl methyl sites for hydroxylation is 2. The zero-order valence-electron chi connectivity index (χ0n) is 11.4. The molecule has 1 aromatic heterocycles. The van der Waals surface area contributed by atoms with Crippen molar-refractivity contribution in [2.24, 2.45) is 0 Å². The van der Waals surface area contributed by atoms with Crippen molar-refractivity contribution >= 4 is 11.8 Å². The molecule has 0 aliphatic heterocycles. The lowest BCUT2D eigenvalue weighted by Gasteiger charge is -2.10. The first kappa shape index (κ1) is 14.6. The molecule has 0 aliphatic rings. The van der Waals surface area contributed by atoms with Crippen molar-refractivity contribution < 1.29 is 4.42 Å². The molecular weight excluding hydrogens is 232 g/mol. The average molecular weight is 256 g/mol. The minimum atomic E-state index is 0.635. The fourth-order valence-corrected chi connectivity index (χ4v) is 2.58. The van der Waals surface area contributed by atoms with Crippen LogP contribution < -0.4 is 5.32 Å². The number of unbranched alkanes of at least 4 members (excludes halogenated alkanes) is 1. The van der Waals surface area contributed by atoms with Gasteiger partial charge in [-0.25, -0.2) is 4.98 Å². The van der Waals surface area contributed by atoms with E-state index < -0.39 is 0 Å². The highest BCUT2D eigenvalue weighted by molar-refractivity contribution is 7.99. The van der Waals surface area contributed by atoms with Crippen LogP contribution in [0.25, 0.3) is 0 Å². The van der Waals surface area contributed by atoms with Crippen LogP contribution in [0.15, 0.2) is 9.64 Å². The zero-order valence-corrected chi connectivity index (χ0v) is 12.2. The van der Waals surface area contributed by atoms with Crippen LogP contribution in [0, 0.1) is 13.8 Å². The molecule has 0 aromatic carbocycles. The van der Waals surface area contributed by atoms with Gasteiger partial charge in [0.05, 0.1) is 5.69 Å². The first-order valence-corrected chi connectivity index (χ1v) is 7.42. The van der Waals surface area contributed by atoms with Crippen LogP contribution in [0.1, 0.15) is 44.6 Å². The first-order chi connectivity index (χ1) is 8.13. The Morgan fingerprint density at radius 2 is 2.12 bits per heavy atom. The van der Waals surface area contributed by atoms with Gasteiger partial charge in [-0.2, -0.15) is 0 Å². The molecule has 0 spiro atoms. The van der Waals surface area contributed by atoms with Crippen molar-refractivity contribution in [1.29, 1.82) is 0 Å². The number of aromatic nitrogens is 1. The zero-order chi connectivity index (χ0) is 12.7. The minimum absolute atomic E-state index is 0.635. The first-order valence-electron chi connectivity index (χ1n) is 6.43. The maximum Gasteiger partial charge on any atom is 0.256 e.